The Balaban J connectivity index is 3.46. The fourth-order valence-corrected chi connectivity index (χ4v) is 0.448. The van der Waals surface area contributed by atoms with E-state index >= 15 is 0 Å². The SMILES string of the molecule is [2H]c1nc(F)c(F)c([2H])c1Cl. The first kappa shape index (κ1) is 4.17. The molecule has 0 saturated heterocycles. The van der Waals surface area contributed by atoms with E-state index in [-0.39, 0.29) is 0 Å². The van der Waals surface area contributed by atoms with Crippen LogP contribution in [0.25, 0.3) is 0 Å². The molecule has 0 unspecified atom stereocenters. The van der Waals surface area contributed by atoms with Gasteiger partial charge in [0, 0.05) is 6.17 Å². The van der Waals surface area contributed by atoms with Crippen LogP contribution >= 0.6 is 11.6 Å². The summed E-state index contributed by atoms with van der Waals surface area (Å²) in [5, 5.41) is -0.482. The molecule has 0 aliphatic rings. The molecule has 0 fully saturated rings. The number of pyridine rings is 1. The van der Waals surface area contributed by atoms with E-state index in [1.807, 2.05) is 0 Å². The number of hydrogen-bond donors (Lipinski definition) is 0. The van der Waals surface area contributed by atoms with Crippen LogP contribution in [0.4, 0.5) is 8.78 Å². The first-order chi connectivity index (χ1) is 5.04. The molecule has 0 aliphatic heterocycles. The minimum absolute atomic E-state index is 0.482. The molecule has 0 radical (unpaired) electrons. The molecule has 1 heterocycles. The molecule has 1 rings (SSSR count). The zero-order valence-electron chi connectivity index (χ0n) is 6.08. The van der Waals surface area contributed by atoms with Crippen molar-refractivity contribution < 1.29 is 11.5 Å². The number of rotatable bonds is 0. The third kappa shape index (κ3) is 1.36. The lowest BCUT2D eigenvalue weighted by molar-refractivity contribution is 0.479. The van der Waals surface area contributed by atoms with Crippen LogP contribution in [0.3, 0.4) is 0 Å². The Hall–Kier alpha value is -0.700. The number of hydrogen-bond acceptors (Lipinski definition) is 1. The van der Waals surface area contributed by atoms with Crippen molar-refractivity contribution in [1.29, 1.82) is 0 Å². The molecular weight excluding hydrogens is 148 g/mol. The maximum absolute atomic E-state index is 12.4. The Morgan fingerprint density at radius 3 is 3.00 bits per heavy atom. The lowest BCUT2D eigenvalue weighted by Crippen LogP contribution is -1.86. The third-order valence-corrected chi connectivity index (χ3v) is 0.832. The fraction of sp³-hybridized carbons (Fsp3) is 0. The predicted octanol–water partition coefficient (Wildman–Crippen LogP) is 2.01. The Morgan fingerprint density at radius 2 is 2.33 bits per heavy atom. The van der Waals surface area contributed by atoms with Gasteiger partial charge in [0.1, 0.15) is 0 Å². The molecule has 9 heavy (non-hydrogen) atoms. The number of halogens is 3. The van der Waals surface area contributed by atoms with Gasteiger partial charge in [-0.15, -0.1) is 0 Å². The molecule has 0 aromatic carbocycles. The maximum Gasteiger partial charge on any atom is 0.248 e. The lowest BCUT2D eigenvalue weighted by Gasteiger charge is -1.89. The van der Waals surface area contributed by atoms with Gasteiger partial charge in [0.15, 0.2) is 5.82 Å². The molecule has 0 saturated carbocycles. The summed E-state index contributed by atoms with van der Waals surface area (Å²) in [6.07, 6.45) is -0.629. The molecule has 0 N–H and O–H groups in total. The van der Waals surface area contributed by atoms with E-state index in [0.29, 0.717) is 0 Å². The van der Waals surface area contributed by atoms with Gasteiger partial charge in [0.05, 0.1) is 7.76 Å². The molecule has 1 aromatic heterocycles. The molecule has 0 bridgehead atoms. The molecule has 0 atom stereocenters. The summed E-state index contributed by atoms with van der Waals surface area (Å²) in [6.45, 7) is 0. The van der Waals surface area contributed by atoms with E-state index in [1.54, 1.807) is 0 Å². The van der Waals surface area contributed by atoms with Crippen molar-refractivity contribution in [3.8, 4) is 0 Å². The van der Waals surface area contributed by atoms with E-state index in [4.69, 9.17) is 14.3 Å². The normalized spacial score (nSPS) is 12.8. The highest BCUT2D eigenvalue weighted by molar-refractivity contribution is 6.30. The van der Waals surface area contributed by atoms with Gasteiger partial charge in [-0.1, -0.05) is 11.6 Å². The van der Waals surface area contributed by atoms with Crippen LogP contribution in [0, 0.1) is 11.8 Å². The van der Waals surface area contributed by atoms with Crippen molar-refractivity contribution in [3.63, 3.8) is 0 Å². The fourth-order valence-electron chi connectivity index (χ4n) is 0.323. The zero-order valence-corrected chi connectivity index (χ0v) is 4.84. The van der Waals surface area contributed by atoms with Crippen molar-refractivity contribution in [2.75, 3.05) is 0 Å². The van der Waals surface area contributed by atoms with Gasteiger partial charge in [-0.3, -0.25) is 0 Å². The molecule has 0 aliphatic carbocycles. The Kier molecular flexibility index (Phi) is 1.05. The third-order valence-electron chi connectivity index (χ3n) is 0.653. The summed E-state index contributed by atoms with van der Waals surface area (Å²) in [7, 11) is 0. The second-order valence-electron chi connectivity index (χ2n) is 1.27. The first-order valence-corrected chi connectivity index (χ1v) is 2.39. The van der Waals surface area contributed by atoms with Crippen molar-refractivity contribution >= 4 is 11.6 Å². The van der Waals surface area contributed by atoms with E-state index in [1.165, 1.54) is 0 Å². The standard InChI is InChI=1S/C5H2ClF2N/c6-3-1-4(7)5(8)9-2-3/h1-2H/i1D,2D. The first-order valence-electron chi connectivity index (χ1n) is 3.01. The number of aromatic nitrogens is 1. The summed E-state index contributed by atoms with van der Waals surface area (Å²) < 4.78 is 38.3. The zero-order chi connectivity index (χ0) is 8.59. The van der Waals surface area contributed by atoms with Gasteiger partial charge in [-0.25, -0.2) is 9.37 Å². The van der Waals surface area contributed by atoms with E-state index in [2.05, 4.69) is 4.98 Å². The minimum Gasteiger partial charge on any atom is -0.224 e. The van der Waals surface area contributed by atoms with Crippen LogP contribution in [0.2, 0.25) is 5.02 Å². The average Bonchev–Trinajstić information content (AvgIpc) is 1.97. The Labute approximate surface area is 58.1 Å². The second-order valence-corrected chi connectivity index (χ2v) is 1.65. The van der Waals surface area contributed by atoms with Gasteiger partial charge in [0.2, 0.25) is 5.95 Å². The van der Waals surface area contributed by atoms with E-state index in [9.17, 15) is 8.78 Å². The van der Waals surface area contributed by atoms with Gasteiger partial charge in [0.25, 0.3) is 0 Å². The van der Waals surface area contributed by atoms with Crippen LogP contribution < -0.4 is 0 Å². The molecule has 1 nitrogen and oxygen atoms in total. The van der Waals surface area contributed by atoms with Gasteiger partial charge >= 0.3 is 0 Å². The molecule has 4 heteroatoms. The van der Waals surface area contributed by atoms with Gasteiger partial charge < -0.3 is 0 Å². The summed E-state index contributed by atoms with van der Waals surface area (Å²) in [4.78, 5) is 2.81. The average molecular weight is 152 g/mol. The van der Waals surface area contributed by atoms with Crippen molar-refractivity contribution in [2.45, 2.75) is 0 Å². The predicted molar refractivity (Wildman–Crippen MR) is 29.2 cm³/mol. The summed E-state index contributed by atoms with van der Waals surface area (Å²) in [5.74, 6) is -2.89. The van der Waals surface area contributed by atoms with Gasteiger partial charge in [-0.05, 0) is 6.04 Å². The highest BCUT2D eigenvalue weighted by Gasteiger charge is 2.00. The van der Waals surface area contributed by atoms with Crippen molar-refractivity contribution in [2.24, 2.45) is 0 Å². The molecule has 0 amide bonds. The van der Waals surface area contributed by atoms with Crippen LogP contribution in [0.5, 0.6) is 0 Å². The van der Waals surface area contributed by atoms with Crippen LogP contribution in [-0.2, 0) is 0 Å². The summed E-state index contributed by atoms with van der Waals surface area (Å²) >= 11 is 5.21. The summed E-state index contributed by atoms with van der Waals surface area (Å²) in [5.41, 5.74) is 0. The minimum atomic E-state index is -1.47. The lowest BCUT2D eigenvalue weighted by atomic mass is 10.5. The van der Waals surface area contributed by atoms with E-state index in [0.717, 1.165) is 0 Å². The monoisotopic (exact) mass is 151 g/mol. The highest BCUT2D eigenvalue weighted by atomic mass is 35.5. The smallest absolute Gasteiger partial charge is 0.224 e. The topological polar surface area (TPSA) is 12.9 Å². The van der Waals surface area contributed by atoms with Crippen LogP contribution in [-0.4, -0.2) is 4.98 Å². The molecule has 1 aromatic rings. The number of nitrogens with zero attached hydrogens (tertiary/aromatic N) is 1. The molecular formula is C5H2ClF2N. The Bertz CT molecular complexity index is 279. The summed E-state index contributed by atoms with van der Waals surface area (Å²) in [6, 6.07) is -0.829. The maximum atomic E-state index is 12.4. The second kappa shape index (κ2) is 2.27. The van der Waals surface area contributed by atoms with Crippen molar-refractivity contribution in [1.82, 2.24) is 4.98 Å². The van der Waals surface area contributed by atoms with Crippen LogP contribution in [0.1, 0.15) is 2.74 Å². The van der Waals surface area contributed by atoms with Crippen molar-refractivity contribution in [3.05, 3.63) is 29.0 Å². The van der Waals surface area contributed by atoms with Crippen LogP contribution in [0.15, 0.2) is 12.2 Å². The molecule has 0 spiro atoms. The Morgan fingerprint density at radius 1 is 1.67 bits per heavy atom. The quantitative estimate of drug-likeness (QED) is 0.517. The van der Waals surface area contributed by atoms with Gasteiger partial charge in [-0.2, -0.15) is 4.39 Å². The van der Waals surface area contributed by atoms with E-state index < -0.39 is 29.0 Å². The highest BCUT2D eigenvalue weighted by Crippen LogP contribution is 2.09. The molecule has 48 valence electrons. The largest absolute Gasteiger partial charge is 0.248 e.